The molecule has 0 spiro atoms. The summed E-state index contributed by atoms with van der Waals surface area (Å²) in [6.45, 7) is 13.5. The number of nitro groups is 2. The molecule has 2 bridgehead atoms. The number of phenols is 1. The van der Waals surface area contributed by atoms with Crippen molar-refractivity contribution in [2.45, 2.75) is 84.3 Å². The third kappa shape index (κ3) is 20.7. The second-order valence-electron chi connectivity index (χ2n) is 17.0. The minimum Gasteiger partial charge on any atom is -0.508 e. The van der Waals surface area contributed by atoms with Crippen molar-refractivity contribution in [3.8, 4) is 5.75 Å². The Kier molecular flexibility index (Phi) is 29.8. The number of aliphatic hydroxyl groups is 1. The molecule has 4 aliphatic heterocycles. The molecule has 78 heavy (non-hydrogen) atoms. The van der Waals surface area contributed by atoms with E-state index in [2.05, 4.69) is 36.7 Å². The number of hydrogen-bond donors (Lipinski definition) is 2. The lowest BCUT2D eigenvalue weighted by Gasteiger charge is -2.50. The molecule has 0 aliphatic carbocycles. The third-order valence-electron chi connectivity index (χ3n) is 11.9. The monoisotopic (exact) mass is 1110 g/mol. The molecule has 3 aromatic carbocycles. The largest absolute Gasteiger partial charge is 0.508 e. The lowest BCUT2D eigenvalue weighted by Crippen LogP contribution is -2.54. The number of rotatable bonds is 16. The molecule has 8 rings (SSSR count). The standard InChI is InChI=1S/C19H22N2O2.C15H16F3NO6.C8H4F3NO2.C6H12O2.C4H8O.CO2/c1-2-12-11-21-8-6-13(12)9-18(21)19(23)15-5-7-20-17-4-3-14(22)10-16(15)17;1-3-24-14(20)12(15(21)25-4-2)8(7-19(22)23)11-9(16)5-6-10(17)13(11)18;9-6-1-2-7(10)8(11)5(6)3-4-12(13)14;1-3-5-6(7)8-4-2;1-2-4-5-3-1;2-1-3/h2-5,7,10,12-13,18-19,22-23H,1,6,8-9,11H2;5-6,8,12H,3-4,7H2,1-2H3;1-4H;3-5H2,1-2H3;1-4H2;/b;;4-3+;;;/t12?,13?,18?,19-;8-;;;;/m00..../s1. The second kappa shape index (κ2) is 34.9. The fraction of sp³-hybridized carbons (Fsp3) is 0.453. The number of halogens is 6. The maximum atomic E-state index is 14.1. The lowest BCUT2D eigenvalue weighted by molar-refractivity contribution is -0.484. The van der Waals surface area contributed by atoms with E-state index < -0.39 is 92.3 Å². The molecule has 19 nitrogen and oxygen atoms in total. The topological polar surface area (TPSA) is 265 Å². The molecule has 0 saturated carbocycles. The van der Waals surface area contributed by atoms with Crippen LogP contribution < -0.4 is 0 Å². The minimum absolute atomic E-state index is 0.0880. The Labute approximate surface area is 445 Å². The lowest BCUT2D eigenvalue weighted by atomic mass is 9.73. The van der Waals surface area contributed by atoms with Crippen molar-refractivity contribution in [3.63, 3.8) is 0 Å². The predicted molar refractivity (Wildman–Crippen MR) is 267 cm³/mol. The SMILES string of the molecule is C1CCOC1.C=CC1CN2CCC1CC2[C@@H](O)c1ccnc2ccc(O)cc12.CCCC(=O)OCC.CCOC(=O)C(C(=O)OCC)[C@@H](C[N+](=O)[O-])c1c(F)ccc(F)c1F.O=C=O.O=[N+]([O-])/C=C/c1c(F)ccc(F)c1F. The summed E-state index contributed by atoms with van der Waals surface area (Å²) in [5.74, 6) is -13.5. The summed E-state index contributed by atoms with van der Waals surface area (Å²) in [5.41, 5.74) is -0.178. The van der Waals surface area contributed by atoms with Crippen molar-refractivity contribution in [1.29, 1.82) is 0 Å². The molecule has 4 saturated heterocycles. The number of nitrogens with zero attached hydrogens (tertiary/aromatic N) is 4. The molecular weight excluding hydrogens is 1050 g/mol. The highest BCUT2D eigenvalue weighted by molar-refractivity contribution is 5.96. The van der Waals surface area contributed by atoms with Gasteiger partial charge in [0, 0.05) is 60.4 Å². The quantitative estimate of drug-likeness (QED) is 0.0155. The van der Waals surface area contributed by atoms with Gasteiger partial charge in [-0.3, -0.25) is 44.5 Å². The van der Waals surface area contributed by atoms with Crippen LogP contribution in [0.3, 0.4) is 0 Å². The van der Waals surface area contributed by atoms with Gasteiger partial charge in [-0.05, 0) is 125 Å². The van der Waals surface area contributed by atoms with Crippen molar-refractivity contribution in [2.75, 3.05) is 52.7 Å². The predicted octanol–water partition coefficient (Wildman–Crippen LogP) is 8.99. The number of aliphatic hydroxyl groups excluding tert-OH is 1. The average molecular weight is 1110 g/mol. The average Bonchev–Trinajstić information content (AvgIpc) is 4.06. The molecule has 4 aliphatic rings. The molecule has 0 amide bonds. The van der Waals surface area contributed by atoms with E-state index >= 15 is 0 Å². The Hall–Kier alpha value is -7.60. The third-order valence-corrected chi connectivity index (χ3v) is 11.9. The van der Waals surface area contributed by atoms with Gasteiger partial charge >= 0.3 is 24.1 Å². The minimum atomic E-state index is -2.02. The molecule has 2 N–H and O–H groups in total. The van der Waals surface area contributed by atoms with Gasteiger partial charge in [0.15, 0.2) is 29.2 Å². The molecule has 6 atom stereocenters. The van der Waals surface area contributed by atoms with Crippen molar-refractivity contribution in [2.24, 2.45) is 17.8 Å². The second-order valence-corrected chi connectivity index (χ2v) is 17.0. The molecule has 4 unspecified atom stereocenters. The van der Waals surface area contributed by atoms with Crippen LogP contribution in [0.2, 0.25) is 0 Å². The van der Waals surface area contributed by atoms with Crippen LogP contribution in [0.5, 0.6) is 5.75 Å². The van der Waals surface area contributed by atoms with E-state index in [4.69, 9.17) is 14.3 Å². The Morgan fingerprint density at radius 2 is 1.45 bits per heavy atom. The van der Waals surface area contributed by atoms with Gasteiger partial charge in [-0.25, -0.2) is 26.3 Å². The van der Waals surface area contributed by atoms with Crippen molar-refractivity contribution < 1.29 is 89.3 Å². The molecular formula is C53H62F6N4O15. The van der Waals surface area contributed by atoms with Gasteiger partial charge in [-0.1, -0.05) is 13.0 Å². The number of aromatic nitrogens is 1. The summed E-state index contributed by atoms with van der Waals surface area (Å²) in [6, 6.07) is 9.47. The molecule has 426 valence electrons. The zero-order chi connectivity index (χ0) is 58.5. The highest BCUT2D eigenvalue weighted by Gasteiger charge is 2.45. The number of carbonyl (C=O) groups excluding carboxylic acids is 5. The smallest absolute Gasteiger partial charge is 0.373 e. The van der Waals surface area contributed by atoms with Crippen LogP contribution in [0, 0.1) is 72.9 Å². The van der Waals surface area contributed by atoms with Gasteiger partial charge in [0.25, 0.3) is 0 Å². The maximum absolute atomic E-state index is 14.1. The van der Waals surface area contributed by atoms with Crippen molar-refractivity contribution >= 4 is 41.0 Å². The van der Waals surface area contributed by atoms with Crippen LogP contribution in [0.25, 0.3) is 17.0 Å². The number of piperidine rings is 3. The van der Waals surface area contributed by atoms with Crippen molar-refractivity contribution in [3.05, 3.63) is 145 Å². The van der Waals surface area contributed by atoms with Crippen LogP contribution in [-0.2, 0) is 42.9 Å². The zero-order valence-corrected chi connectivity index (χ0v) is 43.3. The summed E-state index contributed by atoms with van der Waals surface area (Å²) in [7, 11) is 0. The molecule has 4 fully saturated rings. The Morgan fingerprint density at radius 1 is 0.872 bits per heavy atom. The van der Waals surface area contributed by atoms with Crippen LogP contribution in [0.4, 0.5) is 26.3 Å². The number of phenolic OH excluding ortho intramolecular Hbond substituents is 1. The summed E-state index contributed by atoms with van der Waals surface area (Å²) in [5, 5.41) is 42.4. The van der Waals surface area contributed by atoms with Crippen LogP contribution in [0.15, 0.2) is 73.6 Å². The molecule has 5 heterocycles. The van der Waals surface area contributed by atoms with Gasteiger partial charge in [0.2, 0.25) is 12.7 Å². The van der Waals surface area contributed by atoms with E-state index in [1.165, 1.54) is 33.1 Å². The van der Waals surface area contributed by atoms with Crippen LogP contribution in [-0.4, -0.2) is 113 Å². The van der Waals surface area contributed by atoms with Crippen molar-refractivity contribution in [1.82, 2.24) is 9.88 Å². The summed E-state index contributed by atoms with van der Waals surface area (Å²) in [4.78, 5) is 76.5. The number of fused-ring (bicyclic) bond motifs is 4. The first-order valence-electron chi connectivity index (χ1n) is 24.5. The molecule has 1 aromatic heterocycles. The van der Waals surface area contributed by atoms with E-state index in [9.17, 15) is 71.2 Å². The first kappa shape index (κ1) is 66.5. The molecule has 4 aromatic rings. The summed E-state index contributed by atoms with van der Waals surface area (Å²) < 4.78 is 98.7. The van der Waals surface area contributed by atoms with Gasteiger partial charge in [-0.15, -0.1) is 6.58 Å². The van der Waals surface area contributed by atoms with Crippen LogP contribution >= 0.6 is 0 Å². The number of ether oxygens (including phenoxy) is 4. The molecule has 0 radical (unpaired) electrons. The first-order chi connectivity index (χ1) is 37.1. The van der Waals surface area contributed by atoms with Gasteiger partial charge in [0.05, 0.1) is 47.8 Å². The maximum Gasteiger partial charge on any atom is 0.373 e. The number of hydrogen-bond acceptors (Lipinski definition) is 17. The number of esters is 3. The molecule has 25 heteroatoms. The Morgan fingerprint density at radius 3 is 1.95 bits per heavy atom. The fourth-order valence-electron chi connectivity index (χ4n) is 8.40. The zero-order valence-electron chi connectivity index (χ0n) is 43.3. The number of benzene rings is 3. The highest BCUT2D eigenvalue weighted by atomic mass is 19.2. The van der Waals surface area contributed by atoms with E-state index in [0.717, 1.165) is 55.6 Å². The van der Waals surface area contributed by atoms with Crippen LogP contribution in [0.1, 0.15) is 94.9 Å². The summed E-state index contributed by atoms with van der Waals surface area (Å²) >= 11 is 0. The van der Waals surface area contributed by atoms with Gasteiger partial charge < -0.3 is 29.2 Å². The van der Waals surface area contributed by atoms with E-state index in [1.807, 2.05) is 19.9 Å². The Bertz CT molecular complexity index is 2660. The van der Waals surface area contributed by atoms with E-state index in [0.29, 0.717) is 61.4 Å². The van der Waals surface area contributed by atoms with E-state index in [1.54, 1.807) is 24.4 Å². The first-order valence-corrected chi connectivity index (χ1v) is 24.5. The normalized spacial score (nSPS) is 17.5. The van der Waals surface area contributed by atoms with Gasteiger partial charge in [0.1, 0.15) is 17.4 Å². The number of carbonyl (C=O) groups is 3. The highest BCUT2D eigenvalue weighted by Crippen LogP contribution is 2.42. The fourth-order valence-corrected chi connectivity index (χ4v) is 8.40. The number of aromatic hydroxyl groups is 1. The number of pyridine rings is 1. The van der Waals surface area contributed by atoms with Gasteiger partial charge in [-0.2, -0.15) is 9.59 Å². The summed E-state index contributed by atoms with van der Waals surface area (Å²) in [6.07, 6.45) is 10.6. The Balaban J connectivity index is 0.000000358. The van der Waals surface area contributed by atoms with E-state index in [-0.39, 0.29) is 37.1 Å².